The first kappa shape index (κ1) is 12.0. The quantitative estimate of drug-likeness (QED) is 0.629. The number of rotatable bonds is 3. The molecule has 0 bridgehead atoms. The van der Waals surface area contributed by atoms with E-state index in [9.17, 15) is 9.18 Å². The van der Waals surface area contributed by atoms with E-state index < -0.39 is 11.8 Å². The molecule has 0 spiro atoms. The van der Waals surface area contributed by atoms with Crippen molar-refractivity contribution in [2.75, 3.05) is 14.2 Å². The number of methoxy groups -OCH3 is 2. The maximum Gasteiger partial charge on any atom is 0.340 e. The third kappa shape index (κ3) is 2.47. The molecule has 0 N–H and O–H groups in total. The number of hydrogen-bond donors (Lipinski definition) is 0. The van der Waals surface area contributed by atoms with E-state index in [1.54, 1.807) is 0 Å². The fraction of sp³-hybridized carbons (Fsp3) is 0.300. The van der Waals surface area contributed by atoms with Crippen LogP contribution in [0, 0.1) is 5.82 Å². The first-order valence-electron chi connectivity index (χ1n) is 4.14. The van der Waals surface area contributed by atoms with E-state index in [-0.39, 0.29) is 5.56 Å². The average Bonchev–Trinajstić information content (AvgIpc) is 2.28. The zero-order valence-corrected chi connectivity index (χ0v) is 9.93. The van der Waals surface area contributed by atoms with Crippen LogP contribution in [0.1, 0.15) is 15.9 Å². The third-order valence-corrected chi connectivity index (χ3v) is 2.51. The molecule has 0 saturated heterocycles. The lowest BCUT2D eigenvalue weighted by Crippen LogP contribution is -2.07. The summed E-state index contributed by atoms with van der Waals surface area (Å²) in [6.07, 6.45) is 0. The summed E-state index contributed by atoms with van der Waals surface area (Å²) in [7, 11) is 2.65. The predicted molar refractivity (Wildman–Crippen MR) is 56.9 cm³/mol. The highest BCUT2D eigenvalue weighted by molar-refractivity contribution is 9.08. The van der Waals surface area contributed by atoms with Gasteiger partial charge in [-0.1, -0.05) is 15.9 Å². The molecule has 0 amide bonds. The van der Waals surface area contributed by atoms with Gasteiger partial charge in [0.05, 0.1) is 19.8 Å². The monoisotopic (exact) mass is 276 g/mol. The van der Waals surface area contributed by atoms with Crippen LogP contribution in [-0.4, -0.2) is 20.2 Å². The Morgan fingerprint density at radius 1 is 1.47 bits per heavy atom. The molecule has 0 atom stereocenters. The van der Waals surface area contributed by atoms with E-state index in [1.807, 2.05) is 0 Å². The van der Waals surface area contributed by atoms with Gasteiger partial charge >= 0.3 is 5.97 Å². The van der Waals surface area contributed by atoms with Crippen LogP contribution in [0.2, 0.25) is 0 Å². The zero-order valence-electron chi connectivity index (χ0n) is 8.34. The molecule has 0 aliphatic heterocycles. The minimum Gasteiger partial charge on any atom is -0.497 e. The summed E-state index contributed by atoms with van der Waals surface area (Å²) in [4.78, 5) is 11.2. The summed E-state index contributed by atoms with van der Waals surface area (Å²) in [6, 6.07) is 2.84. The Kier molecular flexibility index (Phi) is 4.08. The second-order valence-electron chi connectivity index (χ2n) is 2.77. The zero-order chi connectivity index (χ0) is 11.4. The summed E-state index contributed by atoms with van der Waals surface area (Å²) in [6.45, 7) is 0. The van der Waals surface area contributed by atoms with Crippen molar-refractivity contribution in [2.45, 2.75) is 5.33 Å². The van der Waals surface area contributed by atoms with E-state index in [2.05, 4.69) is 20.7 Å². The van der Waals surface area contributed by atoms with Crippen molar-refractivity contribution in [1.82, 2.24) is 0 Å². The number of halogens is 2. The molecule has 0 radical (unpaired) electrons. The van der Waals surface area contributed by atoms with Crippen molar-refractivity contribution in [3.63, 3.8) is 0 Å². The number of hydrogen-bond acceptors (Lipinski definition) is 3. The van der Waals surface area contributed by atoms with Gasteiger partial charge in [-0.25, -0.2) is 9.18 Å². The molecule has 0 aliphatic rings. The van der Waals surface area contributed by atoms with E-state index in [1.165, 1.54) is 26.4 Å². The molecule has 15 heavy (non-hydrogen) atoms. The van der Waals surface area contributed by atoms with Crippen LogP contribution in [0.15, 0.2) is 12.1 Å². The Balaban J connectivity index is 3.30. The van der Waals surface area contributed by atoms with E-state index in [0.29, 0.717) is 16.6 Å². The van der Waals surface area contributed by atoms with Crippen molar-refractivity contribution >= 4 is 21.9 Å². The van der Waals surface area contributed by atoms with Crippen molar-refractivity contribution < 1.29 is 18.7 Å². The van der Waals surface area contributed by atoms with Gasteiger partial charge in [-0.3, -0.25) is 0 Å². The molecular formula is C10H10BrFO3. The van der Waals surface area contributed by atoms with Crippen molar-refractivity contribution in [3.8, 4) is 5.75 Å². The van der Waals surface area contributed by atoms with Crippen LogP contribution in [0.3, 0.4) is 0 Å². The summed E-state index contributed by atoms with van der Waals surface area (Å²) in [5.41, 5.74) is 0.237. The summed E-state index contributed by atoms with van der Waals surface area (Å²) in [5.74, 6) is -0.876. The Labute approximate surface area is 95.3 Å². The molecule has 82 valence electrons. The van der Waals surface area contributed by atoms with E-state index in [4.69, 9.17) is 4.74 Å². The topological polar surface area (TPSA) is 35.5 Å². The number of alkyl halides is 1. The number of esters is 1. The minimum atomic E-state index is -0.714. The van der Waals surface area contributed by atoms with Gasteiger partial charge in [0.2, 0.25) is 0 Å². The normalized spacial score (nSPS) is 9.87. The van der Waals surface area contributed by atoms with Crippen LogP contribution in [-0.2, 0) is 10.1 Å². The molecule has 0 saturated carbocycles. The van der Waals surface area contributed by atoms with Crippen LogP contribution in [0.5, 0.6) is 5.75 Å². The maximum absolute atomic E-state index is 13.6. The highest BCUT2D eigenvalue weighted by Gasteiger charge is 2.17. The maximum atomic E-state index is 13.6. The fourth-order valence-corrected chi connectivity index (χ4v) is 1.54. The molecule has 1 rings (SSSR count). The van der Waals surface area contributed by atoms with Gasteiger partial charge in [0.15, 0.2) is 0 Å². The second-order valence-corrected chi connectivity index (χ2v) is 3.33. The van der Waals surface area contributed by atoms with Crippen molar-refractivity contribution in [2.24, 2.45) is 0 Å². The Hall–Kier alpha value is -1.10. The molecule has 0 unspecified atom stereocenters. The molecule has 3 nitrogen and oxygen atoms in total. The van der Waals surface area contributed by atoms with Gasteiger partial charge in [0.1, 0.15) is 11.6 Å². The van der Waals surface area contributed by atoms with Crippen LogP contribution < -0.4 is 4.74 Å². The third-order valence-electron chi connectivity index (χ3n) is 1.91. The standard InChI is InChI=1S/C10H10BrFO3/c1-14-7-3-6(5-11)9(12)8(4-7)10(13)15-2/h3-4H,5H2,1-2H3. The van der Waals surface area contributed by atoms with Gasteiger partial charge in [-0.05, 0) is 12.1 Å². The van der Waals surface area contributed by atoms with Gasteiger partial charge < -0.3 is 9.47 Å². The highest BCUT2D eigenvalue weighted by Crippen LogP contribution is 2.23. The summed E-state index contributed by atoms with van der Waals surface area (Å²) in [5, 5.41) is 0.306. The van der Waals surface area contributed by atoms with E-state index in [0.717, 1.165) is 0 Å². The lowest BCUT2D eigenvalue weighted by Gasteiger charge is -2.08. The van der Waals surface area contributed by atoms with Crippen LogP contribution in [0.4, 0.5) is 4.39 Å². The number of benzene rings is 1. The molecule has 0 aromatic heterocycles. The first-order chi connectivity index (χ1) is 7.13. The number of ether oxygens (including phenoxy) is 2. The SMILES string of the molecule is COC(=O)c1cc(OC)cc(CBr)c1F. The Morgan fingerprint density at radius 3 is 2.60 bits per heavy atom. The lowest BCUT2D eigenvalue weighted by atomic mass is 10.1. The lowest BCUT2D eigenvalue weighted by molar-refractivity contribution is 0.0595. The fourth-order valence-electron chi connectivity index (χ4n) is 1.13. The largest absolute Gasteiger partial charge is 0.497 e. The van der Waals surface area contributed by atoms with Gasteiger partial charge in [-0.2, -0.15) is 0 Å². The predicted octanol–water partition coefficient (Wildman–Crippen LogP) is 2.52. The summed E-state index contributed by atoms with van der Waals surface area (Å²) >= 11 is 3.13. The van der Waals surface area contributed by atoms with Crippen LogP contribution in [0.25, 0.3) is 0 Å². The summed E-state index contributed by atoms with van der Waals surface area (Å²) < 4.78 is 23.1. The number of carbonyl (C=O) groups excluding carboxylic acids is 1. The Bertz CT molecular complexity index is 379. The molecular weight excluding hydrogens is 267 g/mol. The molecule has 0 aliphatic carbocycles. The first-order valence-corrected chi connectivity index (χ1v) is 5.26. The Morgan fingerprint density at radius 2 is 2.13 bits per heavy atom. The molecule has 5 heteroatoms. The molecule has 1 aromatic rings. The number of carbonyl (C=O) groups is 1. The molecule has 0 fully saturated rings. The average molecular weight is 277 g/mol. The molecule has 0 heterocycles. The van der Waals surface area contributed by atoms with Gasteiger partial charge in [-0.15, -0.1) is 0 Å². The van der Waals surface area contributed by atoms with Crippen molar-refractivity contribution in [3.05, 3.63) is 29.1 Å². The van der Waals surface area contributed by atoms with Crippen LogP contribution >= 0.6 is 15.9 Å². The van der Waals surface area contributed by atoms with Gasteiger partial charge in [0, 0.05) is 10.9 Å². The van der Waals surface area contributed by atoms with E-state index >= 15 is 0 Å². The minimum absolute atomic E-state index is 0.119. The highest BCUT2D eigenvalue weighted by atomic mass is 79.9. The molecule has 1 aromatic carbocycles. The second kappa shape index (κ2) is 5.11. The van der Waals surface area contributed by atoms with Gasteiger partial charge in [0.25, 0.3) is 0 Å². The smallest absolute Gasteiger partial charge is 0.340 e. The van der Waals surface area contributed by atoms with Crippen molar-refractivity contribution in [1.29, 1.82) is 0 Å².